The maximum absolute atomic E-state index is 11.6. The van der Waals surface area contributed by atoms with Crippen molar-refractivity contribution in [3.8, 4) is 0 Å². The van der Waals surface area contributed by atoms with E-state index in [4.69, 9.17) is 22.3 Å². The van der Waals surface area contributed by atoms with E-state index >= 15 is 0 Å². The second-order valence-corrected chi connectivity index (χ2v) is 10.5. The van der Waals surface area contributed by atoms with E-state index < -0.39 is 5.91 Å². The van der Waals surface area contributed by atoms with Gasteiger partial charge in [0, 0.05) is 30.9 Å². The minimum absolute atomic E-state index is 0.168. The largest absolute Gasteiger partial charge is 0.393 e. The molecule has 1 aliphatic heterocycles. The van der Waals surface area contributed by atoms with Gasteiger partial charge in [-0.2, -0.15) is 0 Å². The third-order valence-corrected chi connectivity index (χ3v) is 8.20. The fraction of sp³-hybridized carbons (Fsp3) is 0.500. The zero-order valence-electron chi connectivity index (χ0n) is 18.4. The average Bonchev–Trinajstić information content (AvgIpc) is 3.23. The van der Waals surface area contributed by atoms with Gasteiger partial charge in [0.05, 0.1) is 6.10 Å². The lowest BCUT2D eigenvalue weighted by molar-refractivity contribution is 0.0805. The minimum atomic E-state index is -0.510. The minimum Gasteiger partial charge on any atom is -0.393 e. The number of thiazole rings is 1. The normalized spacial score (nSPS) is 20.6. The zero-order valence-corrected chi connectivity index (χ0v) is 20.0. The van der Waals surface area contributed by atoms with Crippen LogP contribution in [-0.4, -0.2) is 56.6 Å². The van der Waals surface area contributed by atoms with Gasteiger partial charge in [-0.05, 0) is 74.2 Å². The van der Waals surface area contributed by atoms with Crippen molar-refractivity contribution in [2.75, 3.05) is 19.6 Å². The summed E-state index contributed by atoms with van der Waals surface area (Å²) < 4.78 is 0. The van der Waals surface area contributed by atoms with Gasteiger partial charge >= 0.3 is 0 Å². The Labute approximate surface area is 202 Å². The Hall–Kier alpha value is -2.13. The van der Waals surface area contributed by atoms with Crippen molar-refractivity contribution in [1.29, 1.82) is 0 Å². The summed E-state index contributed by atoms with van der Waals surface area (Å²) in [5.74, 6) is 0.00840. The number of hydrogen-bond donors (Lipinski definition) is 2. The molecule has 1 fully saturated rings. The molecule has 5 rings (SSSR count). The maximum atomic E-state index is 11.6. The average molecular weight is 486 g/mol. The summed E-state index contributed by atoms with van der Waals surface area (Å²) in [6, 6.07) is 6.05. The Bertz CT molecular complexity index is 1140. The lowest BCUT2D eigenvalue weighted by Crippen LogP contribution is -2.37. The molecule has 0 radical (unpaired) electrons. The third-order valence-electron chi connectivity index (χ3n) is 7.00. The topological polar surface area (TPSA) is 105 Å². The Morgan fingerprint density at radius 2 is 2.09 bits per heavy atom. The summed E-state index contributed by atoms with van der Waals surface area (Å²) in [6.07, 6.45) is 7.51. The van der Waals surface area contributed by atoms with Gasteiger partial charge in [0.2, 0.25) is 0 Å². The number of halogens is 1. The number of aliphatic hydroxyl groups is 1. The lowest BCUT2D eigenvalue weighted by Gasteiger charge is -2.35. The number of primary amides is 1. The number of aromatic nitrogens is 3. The van der Waals surface area contributed by atoms with E-state index in [2.05, 4.69) is 27.0 Å². The molecule has 174 valence electrons. The Balaban J connectivity index is 1.47. The number of piperidine rings is 1. The van der Waals surface area contributed by atoms with Gasteiger partial charge in [0.15, 0.2) is 5.01 Å². The van der Waals surface area contributed by atoms with Crippen molar-refractivity contribution in [2.45, 2.75) is 56.5 Å². The number of amides is 1. The van der Waals surface area contributed by atoms with E-state index in [1.165, 1.54) is 22.5 Å². The van der Waals surface area contributed by atoms with Gasteiger partial charge in [0.25, 0.3) is 5.91 Å². The van der Waals surface area contributed by atoms with Crippen molar-refractivity contribution >= 4 is 39.2 Å². The first kappa shape index (κ1) is 22.7. The number of nitrogens with two attached hydrogens (primary N) is 1. The molecule has 3 aromatic rings. The molecule has 0 bridgehead atoms. The van der Waals surface area contributed by atoms with Crippen molar-refractivity contribution in [2.24, 2.45) is 5.73 Å². The van der Waals surface area contributed by atoms with E-state index in [0.29, 0.717) is 10.2 Å². The quantitative estimate of drug-likeness (QED) is 0.513. The highest BCUT2D eigenvalue weighted by molar-refractivity contribution is 7.19. The summed E-state index contributed by atoms with van der Waals surface area (Å²) in [4.78, 5) is 28.6. The highest BCUT2D eigenvalue weighted by atomic mass is 35.5. The molecule has 2 aliphatic rings. The first-order chi connectivity index (χ1) is 16.0. The van der Waals surface area contributed by atoms with Crippen LogP contribution >= 0.6 is 22.9 Å². The number of aliphatic hydroxyl groups excluding tert-OH is 1. The molecule has 33 heavy (non-hydrogen) atoms. The highest BCUT2D eigenvalue weighted by Gasteiger charge is 2.32. The second-order valence-electron chi connectivity index (χ2n) is 9.12. The molecule has 4 heterocycles. The molecular formula is C24H28ClN5O2S. The van der Waals surface area contributed by atoms with Gasteiger partial charge in [-0.1, -0.05) is 29.0 Å². The first-order valence-corrected chi connectivity index (χ1v) is 12.8. The molecule has 9 heteroatoms. The van der Waals surface area contributed by atoms with Crippen LogP contribution in [0.4, 0.5) is 0 Å². The maximum Gasteiger partial charge on any atom is 0.277 e. The van der Waals surface area contributed by atoms with Crippen LogP contribution in [0.2, 0.25) is 5.15 Å². The molecular weight excluding hydrogens is 458 g/mol. The molecule has 3 N–H and O–H groups in total. The summed E-state index contributed by atoms with van der Waals surface area (Å²) in [7, 11) is 0. The molecule has 0 spiro atoms. The Kier molecular flexibility index (Phi) is 6.60. The lowest BCUT2D eigenvalue weighted by atomic mass is 9.74. The van der Waals surface area contributed by atoms with Crippen LogP contribution in [-0.2, 0) is 6.42 Å². The molecule has 3 aromatic heterocycles. The van der Waals surface area contributed by atoms with Gasteiger partial charge in [-0.3, -0.25) is 4.79 Å². The third kappa shape index (κ3) is 4.89. The smallest absolute Gasteiger partial charge is 0.277 e. The number of nitrogens with zero attached hydrogens (tertiary/aromatic N) is 4. The number of carbonyl (C=O) groups excluding carboxylic acids is 1. The van der Waals surface area contributed by atoms with Crippen LogP contribution in [0.3, 0.4) is 0 Å². The number of fused-ring (bicyclic) bond motifs is 2. The standard InChI is InChI=1S/C24H28ClN5O2S/c25-20-5-4-15(13-27-20)17(8-11-30-9-6-16(31)7-10-30)18-3-1-2-14-12-19-23(29-21(14)18)33-24(28-19)22(26)32/h4-5,12-13,16-18,31H,1-3,6-11H2,(H2,26,32)/t17-,18?/m0/s1. The van der Waals surface area contributed by atoms with Gasteiger partial charge in [-0.25, -0.2) is 15.0 Å². The van der Waals surface area contributed by atoms with Crippen LogP contribution in [0.15, 0.2) is 24.4 Å². The Morgan fingerprint density at radius 1 is 1.27 bits per heavy atom. The van der Waals surface area contributed by atoms with Gasteiger partial charge < -0.3 is 15.7 Å². The number of rotatable bonds is 6. The van der Waals surface area contributed by atoms with Crippen molar-refractivity contribution in [3.05, 3.63) is 51.4 Å². The monoisotopic (exact) mass is 485 g/mol. The highest BCUT2D eigenvalue weighted by Crippen LogP contribution is 2.44. The predicted octanol–water partition coefficient (Wildman–Crippen LogP) is 3.89. The summed E-state index contributed by atoms with van der Waals surface area (Å²) in [5, 5.41) is 10.7. The molecule has 1 aliphatic carbocycles. The molecule has 1 saturated heterocycles. The summed E-state index contributed by atoms with van der Waals surface area (Å²) in [5.41, 5.74) is 9.72. The SMILES string of the molecule is NC(=O)c1nc2cc3c(nc2s1)C([C@@H](CCN1CCC(O)CC1)c1ccc(Cl)nc1)CCC3. The summed E-state index contributed by atoms with van der Waals surface area (Å²) >= 11 is 7.36. The van der Waals surface area contributed by atoms with Crippen molar-refractivity contribution < 1.29 is 9.90 Å². The van der Waals surface area contributed by atoms with E-state index in [1.807, 2.05) is 12.3 Å². The molecule has 1 unspecified atom stereocenters. The van der Waals surface area contributed by atoms with Gasteiger partial charge in [-0.15, -0.1) is 0 Å². The van der Waals surface area contributed by atoms with Crippen LogP contribution in [0, 0.1) is 0 Å². The molecule has 0 aromatic carbocycles. The molecule has 7 nitrogen and oxygen atoms in total. The van der Waals surface area contributed by atoms with Crippen molar-refractivity contribution in [3.63, 3.8) is 0 Å². The van der Waals surface area contributed by atoms with Crippen molar-refractivity contribution in [1.82, 2.24) is 19.9 Å². The molecule has 1 amide bonds. The molecule has 2 atom stereocenters. The van der Waals surface area contributed by atoms with E-state index in [9.17, 15) is 9.90 Å². The first-order valence-electron chi connectivity index (χ1n) is 11.6. The summed E-state index contributed by atoms with van der Waals surface area (Å²) in [6.45, 7) is 2.84. The van der Waals surface area contributed by atoms with E-state index in [-0.39, 0.29) is 17.9 Å². The second kappa shape index (κ2) is 9.62. The fourth-order valence-corrected chi connectivity index (χ4v) is 6.15. The number of hydrogen-bond acceptors (Lipinski definition) is 7. The van der Waals surface area contributed by atoms with E-state index in [1.54, 1.807) is 0 Å². The molecule has 0 saturated carbocycles. The predicted molar refractivity (Wildman–Crippen MR) is 130 cm³/mol. The van der Waals surface area contributed by atoms with Crippen LogP contribution in [0.25, 0.3) is 10.3 Å². The Morgan fingerprint density at radius 3 is 2.82 bits per heavy atom. The van der Waals surface area contributed by atoms with Crippen LogP contribution in [0.5, 0.6) is 0 Å². The number of carbonyl (C=O) groups is 1. The van der Waals surface area contributed by atoms with Gasteiger partial charge in [0.1, 0.15) is 15.5 Å². The number of likely N-dealkylation sites (tertiary alicyclic amines) is 1. The fourth-order valence-electron chi connectivity index (χ4n) is 5.26. The van der Waals surface area contributed by atoms with E-state index in [0.717, 1.165) is 74.2 Å². The van der Waals surface area contributed by atoms with Crippen LogP contribution < -0.4 is 5.73 Å². The number of aryl methyl sites for hydroxylation is 1. The van der Waals surface area contributed by atoms with Crippen LogP contribution in [0.1, 0.15) is 70.6 Å². The number of pyridine rings is 2. The zero-order chi connectivity index (χ0) is 22.9.